The molecule has 19 heavy (non-hydrogen) atoms. The first-order valence-electron chi connectivity index (χ1n) is 7.74. The van der Waals surface area contributed by atoms with Crippen LogP contribution in [0, 0.1) is 5.92 Å². The molecule has 1 nitrogen and oxygen atoms in total. The minimum atomic E-state index is 0.707. The second kappa shape index (κ2) is 5.85. The van der Waals surface area contributed by atoms with E-state index in [1.165, 1.54) is 44.1 Å². The molecule has 3 rings (SSSR count). The lowest BCUT2D eigenvalue weighted by atomic mass is 9.75. The summed E-state index contributed by atoms with van der Waals surface area (Å²) in [4.78, 5) is 0. The Morgan fingerprint density at radius 2 is 1.74 bits per heavy atom. The molecule has 2 aliphatic carbocycles. The topological polar surface area (TPSA) is 12.0 Å². The maximum absolute atomic E-state index is 5.94. The normalized spacial score (nSPS) is 29.2. The van der Waals surface area contributed by atoms with Crippen molar-refractivity contribution in [3.8, 4) is 0 Å². The molecule has 0 aromatic heterocycles. The van der Waals surface area contributed by atoms with E-state index >= 15 is 0 Å². The van der Waals surface area contributed by atoms with Crippen molar-refractivity contribution in [2.75, 3.05) is 0 Å². The van der Waals surface area contributed by atoms with Gasteiger partial charge >= 0.3 is 0 Å². The smallest absolute Gasteiger partial charge is 0.0406 e. The van der Waals surface area contributed by atoms with Crippen molar-refractivity contribution in [2.24, 2.45) is 5.92 Å². The van der Waals surface area contributed by atoms with E-state index < -0.39 is 0 Å². The molecule has 1 aromatic rings. The highest BCUT2D eigenvalue weighted by molar-refractivity contribution is 6.30. The Hall–Kier alpha value is -0.530. The van der Waals surface area contributed by atoms with Crippen molar-refractivity contribution in [3.05, 3.63) is 34.9 Å². The van der Waals surface area contributed by atoms with Crippen molar-refractivity contribution < 1.29 is 0 Å². The van der Waals surface area contributed by atoms with Gasteiger partial charge in [0.2, 0.25) is 0 Å². The number of benzene rings is 1. The van der Waals surface area contributed by atoms with Gasteiger partial charge in [0.1, 0.15) is 0 Å². The first-order chi connectivity index (χ1) is 9.22. The van der Waals surface area contributed by atoms with E-state index in [0.29, 0.717) is 6.04 Å². The molecule has 0 radical (unpaired) electrons. The second-order valence-electron chi connectivity index (χ2n) is 6.42. The fourth-order valence-corrected chi connectivity index (χ4v) is 3.85. The van der Waals surface area contributed by atoms with Crippen LogP contribution in [0.15, 0.2) is 24.3 Å². The van der Waals surface area contributed by atoms with Crippen molar-refractivity contribution >= 4 is 11.6 Å². The molecule has 0 saturated heterocycles. The Kier molecular flexibility index (Phi) is 4.14. The van der Waals surface area contributed by atoms with Crippen LogP contribution in [-0.2, 0) is 0 Å². The van der Waals surface area contributed by atoms with E-state index in [-0.39, 0.29) is 0 Å². The molecule has 104 valence electrons. The van der Waals surface area contributed by atoms with E-state index in [4.69, 9.17) is 11.6 Å². The van der Waals surface area contributed by atoms with Gasteiger partial charge in [-0.05, 0) is 62.1 Å². The van der Waals surface area contributed by atoms with Crippen molar-refractivity contribution in [1.29, 1.82) is 0 Å². The molecule has 0 spiro atoms. The summed E-state index contributed by atoms with van der Waals surface area (Å²) in [6, 6.07) is 9.83. The van der Waals surface area contributed by atoms with Crippen molar-refractivity contribution in [3.63, 3.8) is 0 Å². The quantitative estimate of drug-likeness (QED) is 0.837. The van der Waals surface area contributed by atoms with E-state index in [9.17, 15) is 0 Å². The number of halogens is 1. The lowest BCUT2D eigenvalue weighted by molar-refractivity contribution is 0.239. The lowest BCUT2D eigenvalue weighted by Crippen LogP contribution is -2.46. The van der Waals surface area contributed by atoms with Crippen LogP contribution in [0.1, 0.15) is 56.9 Å². The minimum Gasteiger partial charge on any atom is -0.311 e. The standard InChI is InChI=1S/C17H24ClN/c1-12(13-4-2-3-5-13)19-17-10-15(11-17)14-6-8-16(18)9-7-14/h6-9,12-13,15,17,19H,2-5,10-11H2,1H3/t12-,15?,17?/m0/s1. The maximum atomic E-state index is 5.94. The van der Waals surface area contributed by atoms with Crippen LogP contribution in [-0.4, -0.2) is 12.1 Å². The molecule has 1 N–H and O–H groups in total. The third-order valence-electron chi connectivity index (χ3n) is 5.09. The van der Waals surface area contributed by atoms with Crippen molar-refractivity contribution in [2.45, 2.75) is 63.5 Å². The van der Waals surface area contributed by atoms with Gasteiger partial charge in [-0.2, -0.15) is 0 Å². The van der Waals surface area contributed by atoms with Crippen LogP contribution >= 0.6 is 11.6 Å². The molecule has 0 heterocycles. The zero-order valence-corrected chi connectivity index (χ0v) is 12.5. The number of nitrogens with one attached hydrogen (secondary N) is 1. The van der Waals surface area contributed by atoms with Crippen LogP contribution in [0.5, 0.6) is 0 Å². The van der Waals surface area contributed by atoms with Crippen LogP contribution in [0.4, 0.5) is 0 Å². The van der Waals surface area contributed by atoms with Gasteiger partial charge in [0.15, 0.2) is 0 Å². The van der Waals surface area contributed by atoms with E-state index in [1.54, 1.807) is 0 Å². The zero-order valence-electron chi connectivity index (χ0n) is 11.7. The number of rotatable bonds is 4. The molecule has 0 bridgehead atoms. The maximum Gasteiger partial charge on any atom is 0.0406 e. The predicted octanol–water partition coefficient (Wildman–Crippen LogP) is 4.75. The molecule has 1 aromatic carbocycles. The van der Waals surface area contributed by atoms with E-state index in [2.05, 4.69) is 24.4 Å². The summed E-state index contributed by atoms with van der Waals surface area (Å²) in [5.74, 6) is 1.67. The molecule has 0 aliphatic heterocycles. The van der Waals surface area contributed by atoms with Gasteiger partial charge in [0.25, 0.3) is 0 Å². The summed E-state index contributed by atoms with van der Waals surface area (Å²) < 4.78 is 0. The first-order valence-corrected chi connectivity index (χ1v) is 8.11. The second-order valence-corrected chi connectivity index (χ2v) is 6.85. The number of hydrogen-bond acceptors (Lipinski definition) is 1. The van der Waals surface area contributed by atoms with Crippen LogP contribution in [0.25, 0.3) is 0 Å². The largest absolute Gasteiger partial charge is 0.311 e. The van der Waals surface area contributed by atoms with Crippen molar-refractivity contribution in [1.82, 2.24) is 5.32 Å². The van der Waals surface area contributed by atoms with Crippen LogP contribution in [0.3, 0.4) is 0 Å². The summed E-state index contributed by atoms with van der Waals surface area (Å²) >= 11 is 5.94. The molecule has 2 aliphatic rings. The van der Waals surface area contributed by atoms with E-state index in [1.807, 2.05) is 12.1 Å². The molecule has 2 fully saturated rings. The minimum absolute atomic E-state index is 0.707. The van der Waals surface area contributed by atoms with E-state index in [0.717, 1.165) is 22.9 Å². The molecular weight excluding hydrogens is 254 g/mol. The first kappa shape index (κ1) is 13.5. The molecule has 2 heteroatoms. The summed E-state index contributed by atoms with van der Waals surface area (Å²) in [5, 5.41) is 4.68. The SMILES string of the molecule is C[C@H](NC1CC(c2ccc(Cl)cc2)C1)C1CCCC1. The Morgan fingerprint density at radius 1 is 1.11 bits per heavy atom. The van der Waals surface area contributed by atoms with Gasteiger partial charge in [-0.1, -0.05) is 36.6 Å². The summed E-state index contributed by atoms with van der Waals surface area (Å²) in [6.45, 7) is 2.38. The Labute approximate surface area is 121 Å². The fraction of sp³-hybridized carbons (Fsp3) is 0.647. The fourth-order valence-electron chi connectivity index (χ4n) is 3.73. The summed E-state index contributed by atoms with van der Waals surface area (Å²) in [7, 11) is 0. The molecule has 1 atom stereocenters. The van der Waals surface area contributed by atoms with Crippen LogP contribution in [0.2, 0.25) is 5.02 Å². The molecule has 2 saturated carbocycles. The van der Waals surface area contributed by atoms with Crippen LogP contribution < -0.4 is 5.32 Å². The van der Waals surface area contributed by atoms with Gasteiger partial charge in [-0.3, -0.25) is 0 Å². The van der Waals surface area contributed by atoms with Gasteiger partial charge in [-0.15, -0.1) is 0 Å². The Morgan fingerprint density at radius 3 is 2.37 bits per heavy atom. The highest BCUT2D eigenvalue weighted by Gasteiger charge is 2.32. The lowest BCUT2D eigenvalue weighted by Gasteiger charge is -2.39. The number of hydrogen-bond donors (Lipinski definition) is 1. The van der Waals surface area contributed by atoms with Gasteiger partial charge in [-0.25, -0.2) is 0 Å². The Balaban J connectivity index is 1.46. The summed E-state index contributed by atoms with van der Waals surface area (Å²) in [5.41, 5.74) is 1.45. The van der Waals surface area contributed by atoms with Gasteiger partial charge in [0.05, 0.1) is 0 Å². The third kappa shape index (κ3) is 3.14. The molecule has 0 unspecified atom stereocenters. The third-order valence-corrected chi connectivity index (χ3v) is 5.34. The highest BCUT2D eigenvalue weighted by atomic mass is 35.5. The average Bonchev–Trinajstić information content (AvgIpc) is 2.88. The van der Waals surface area contributed by atoms with Gasteiger partial charge in [0, 0.05) is 17.1 Å². The Bertz CT molecular complexity index is 402. The zero-order chi connectivity index (χ0) is 13.2. The average molecular weight is 278 g/mol. The molecular formula is C17H24ClN. The van der Waals surface area contributed by atoms with Gasteiger partial charge < -0.3 is 5.32 Å². The molecule has 0 amide bonds. The summed E-state index contributed by atoms with van der Waals surface area (Å²) in [6.07, 6.45) is 8.32. The predicted molar refractivity (Wildman–Crippen MR) is 81.8 cm³/mol. The highest BCUT2D eigenvalue weighted by Crippen LogP contribution is 2.38. The monoisotopic (exact) mass is 277 g/mol.